The van der Waals surface area contributed by atoms with Crippen LogP contribution in [0.5, 0.6) is 5.75 Å². The highest BCUT2D eigenvalue weighted by Crippen LogP contribution is 2.38. The van der Waals surface area contributed by atoms with Crippen molar-refractivity contribution >= 4 is 17.2 Å². The highest BCUT2D eigenvalue weighted by atomic mass is 32.1. The largest absolute Gasteiger partial charge is 0.496 e. The van der Waals surface area contributed by atoms with E-state index in [1.54, 1.807) is 18.4 Å². The maximum absolute atomic E-state index is 13.2. The summed E-state index contributed by atoms with van der Waals surface area (Å²) < 4.78 is 5.42. The van der Waals surface area contributed by atoms with E-state index in [9.17, 15) is 4.79 Å². The minimum Gasteiger partial charge on any atom is -0.496 e. The molecule has 1 unspecified atom stereocenters. The Morgan fingerprint density at radius 3 is 2.69 bits per heavy atom. The van der Waals surface area contributed by atoms with E-state index in [1.165, 1.54) is 16.0 Å². The summed E-state index contributed by atoms with van der Waals surface area (Å²) in [5, 5.41) is 2.13. The fourth-order valence-electron chi connectivity index (χ4n) is 3.69. The van der Waals surface area contributed by atoms with Crippen LogP contribution in [-0.4, -0.2) is 24.5 Å². The number of hydrogen-bond acceptors (Lipinski definition) is 3. The van der Waals surface area contributed by atoms with Gasteiger partial charge in [-0.25, -0.2) is 0 Å². The summed E-state index contributed by atoms with van der Waals surface area (Å²) in [5.41, 5.74) is 3.36. The number of para-hydroxylation sites is 1. The number of carbonyl (C=O) groups excluding carboxylic acids is 1. The number of methoxy groups -OCH3 is 1. The Kier molecular flexibility index (Phi) is 4.76. The Morgan fingerprint density at radius 1 is 1.12 bits per heavy atom. The smallest absolute Gasteiger partial charge is 0.227 e. The van der Waals surface area contributed by atoms with Crippen LogP contribution >= 0.6 is 11.3 Å². The predicted octanol–water partition coefficient (Wildman–Crippen LogP) is 4.47. The van der Waals surface area contributed by atoms with Gasteiger partial charge in [0.2, 0.25) is 5.91 Å². The van der Waals surface area contributed by atoms with E-state index in [0.717, 1.165) is 24.3 Å². The SMILES string of the molecule is COc1ccccc1CC(=O)N1CCc2sccc2C1c1ccccc1. The average molecular weight is 363 g/mol. The van der Waals surface area contributed by atoms with E-state index >= 15 is 0 Å². The summed E-state index contributed by atoms with van der Waals surface area (Å²) in [6, 6.07) is 20.2. The van der Waals surface area contributed by atoms with Gasteiger partial charge in [-0.3, -0.25) is 4.79 Å². The second-order valence-electron chi connectivity index (χ2n) is 6.44. The highest BCUT2D eigenvalue weighted by molar-refractivity contribution is 7.10. The number of hydrogen-bond donors (Lipinski definition) is 0. The number of rotatable bonds is 4. The van der Waals surface area contributed by atoms with Gasteiger partial charge in [-0.15, -0.1) is 11.3 Å². The van der Waals surface area contributed by atoms with Crippen molar-refractivity contribution in [1.82, 2.24) is 4.90 Å². The molecule has 0 aliphatic carbocycles. The third-order valence-electron chi connectivity index (χ3n) is 4.94. The molecule has 2 heterocycles. The number of carbonyl (C=O) groups is 1. The zero-order chi connectivity index (χ0) is 17.9. The fourth-order valence-corrected chi connectivity index (χ4v) is 4.60. The molecule has 1 aliphatic rings. The molecule has 0 N–H and O–H groups in total. The molecule has 0 bridgehead atoms. The monoisotopic (exact) mass is 363 g/mol. The molecular weight excluding hydrogens is 342 g/mol. The van der Waals surface area contributed by atoms with E-state index in [2.05, 4.69) is 23.6 Å². The molecule has 26 heavy (non-hydrogen) atoms. The Bertz CT molecular complexity index is 903. The summed E-state index contributed by atoms with van der Waals surface area (Å²) in [4.78, 5) is 16.6. The van der Waals surface area contributed by atoms with Gasteiger partial charge in [-0.05, 0) is 35.1 Å². The van der Waals surface area contributed by atoms with Gasteiger partial charge in [-0.1, -0.05) is 48.5 Å². The van der Waals surface area contributed by atoms with E-state index in [1.807, 2.05) is 47.4 Å². The summed E-state index contributed by atoms with van der Waals surface area (Å²) in [7, 11) is 1.65. The Balaban J connectivity index is 1.67. The van der Waals surface area contributed by atoms with Gasteiger partial charge in [0, 0.05) is 17.0 Å². The van der Waals surface area contributed by atoms with Crippen LogP contribution < -0.4 is 4.74 Å². The van der Waals surface area contributed by atoms with Crippen LogP contribution in [0.25, 0.3) is 0 Å². The number of thiophene rings is 1. The topological polar surface area (TPSA) is 29.5 Å². The van der Waals surface area contributed by atoms with Crippen LogP contribution in [0.2, 0.25) is 0 Å². The van der Waals surface area contributed by atoms with E-state index in [-0.39, 0.29) is 11.9 Å². The van der Waals surface area contributed by atoms with Crippen LogP contribution in [0, 0.1) is 0 Å². The molecule has 1 atom stereocenters. The van der Waals surface area contributed by atoms with Crippen molar-refractivity contribution in [3.05, 3.63) is 87.6 Å². The summed E-state index contributed by atoms with van der Waals surface area (Å²) in [6.07, 6.45) is 1.28. The molecule has 4 heteroatoms. The lowest BCUT2D eigenvalue weighted by atomic mass is 9.92. The fraction of sp³-hybridized carbons (Fsp3) is 0.227. The van der Waals surface area contributed by atoms with E-state index in [4.69, 9.17) is 4.74 Å². The molecule has 0 spiro atoms. The second kappa shape index (κ2) is 7.34. The lowest BCUT2D eigenvalue weighted by Gasteiger charge is -2.36. The number of amides is 1. The van der Waals surface area contributed by atoms with Crippen LogP contribution in [0.1, 0.15) is 27.6 Å². The Morgan fingerprint density at radius 2 is 1.88 bits per heavy atom. The molecule has 1 aliphatic heterocycles. The Hall–Kier alpha value is -2.59. The molecule has 0 fully saturated rings. The zero-order valence-electron chi connectivity index (χ0n) is 14.7. The molecule has 1 aromatic heterocycles. The normalized spacial score (nSPS) is 16.2. The molecule has 3 aromatic rings. The van der Waals surface area contributed by atoms with Crippen molar-refractivity contribution in [2.45, 2.75) is 18.9 Å². The predicted molar refractivity (Wildman–Crippen MR) is 105 cm³/mol. The first-order valence-electron chi connectivity index (χ1n) is 8.80. The number of ether oxygens (including phenoxy) is 1. The first-order chi connectivity index (χ1) is 12.8. The first-order valence-corrected chi connectivity index (χ1v) is 9.68. The van der Waals surface area contributed by atoms with Crippen LogP contribution in [0.3, 0.4) is 0 Å². The Labute approximate surface area is 157 Å². The van der Waals surface area contributed by atoms with Crippen molar-refractivity contribution in [2.24, 2.45) is 0 Å². The maximum Gasteiger partial charge on any atom is 0.227 e. The maximum atomic E-state index is 13.2. The lowest BCUT2D eigenvalue weighted by molar-refractivity contribution is -0.132. The molecule has 1 amide bonds. The van der Waals surface area contributed by atoms with Crippen molar-refractivity contribution in [1.29, 1.82) is 0 Å². The highest BCUT2D eigenvalue weighted by Gasteiger charge is 2.32. The molecule has 0 saturated heterocycles. The van der Waals surface area contributed by atoms with Crippen molar-refractivity contribution in [3.63, 3.8) is 0 Å². The summed E-state index contributed by atoms with van der Waals surface area (Å²) in [5.74, 6) is 0.908. The molecule has 2 aromatic carbocycles. The summed E-state index contributed by atoms with van der Waals surface area (Å²) >= 11 is 1.79. The zero-order valence-corrected chi connectivity index (χ0v) is 15.5. The number of benzene rings is 2. The first kappa shape index (κ1) is 16.9. The van der Waals surface area contributed by atoms with Crippen LogP contribution in [-0.2, 0) is 17.6 Å². The minimum absolute atomic E-state index is 0.00610. The van der Waals surface area contributed by atoms with Crippen molar-refractivity contribution < 1.29 is 9.53 Å². The molecule has 0 saturated carbocycles. The van der Waals surface area contributed by atoms with Gasteiger partial charge in [0.1, 0.15) is 5.75 Å². The molecule has 0 radical (unpaired) electrons. The molecule has 4 rings (SSSR count). The lowest BCUT2D eigenvalue weighted by Crippen LogP contribution is -2.40. The van der Waals surface area contributed by atoms with Gasteiger partial charge in [-0.2, -0.15) is 0 Å². The average Bonchev–Trinajstić information content (AvgIpc) is 3.17. The third-order valence-corrected chi connectivity index (χ3v) is 5.93. The van der Waals surface area contributed by atoms with Crippen molar-refractivity contribution in [3.8, 4) is 5.75 Å². The standard InChI is InChI=1S/C22H21NO2S/c1-25-19-10-6-5-9-17(19)15-21(24)23-13-11-20-18(12-14-26-20)22(23)16-7-3-2-4-8-16/h2-10,12,14,22H,11,13,15H2,1H3. The minimum atomic E-state index is -0.00610. The molecule has 3 nitrogen and oxygen atoms in total. The van der Waals surface area contributed by atoms with Gasteiger partial charge >= 0.3 is 0 Å². The number of nitrogens with zero attached hydrogens (tertiary/aromatic N) is 1. The van der Waals surface area contributed by atoms with Crippen molar-refractivity contribution in [2.75, 3.05) is 13.7 Å². The van der Waals surface area contributed by atoms with E-state index in [0.29, 0.717) is 6.42 Å². The second-order valence-corrected chi connectivity index (χ2v) is 7.44. The van der Waals surface area contributed by atoms with Gasteiger partial charge in [0.25, 0.3) is 0 Å². The van der Waals surface area contributed by atoms with Gasteiger partial charge in [0.15, 0.2) is 0 Å². The molecule has 132 valence electrons. The quantitative estimate of drug-likeness (QED) is 0.684. The van der Waals surface area contributed by atoms with E-state index < -0.39 is 0 Å². The van der Waals surface area contributed by atoms with Gasteiger partial charge in [0.05, 0.1) is 19.6 Å². The van der Waals surface area contributed by atoms with Gasteiger partial charge < -0.3 is 9.64 Å². The van der Waals surface area contributed by atoms with Crippen LogP contribution in [0.4, 0.5) is 0 Å². The van der Waals surface area contributed by atoms with Crippen LogP contribution in [0.15, 0.2) is 66.0 Å². The third kappa shape index (κ3) is 3.13. The summed E-state index contributed by atoms with van der Waals surface area (Å²) in [6.45, 7) is 0.751. The number of fused-ring (bicyclic) bond motifs is 1. The molecular formula is C22H21NO2S.